The van der Waals surface area contributed by atoms with Gasteiger partial charge in [-0.05, 0) is 128 Å². The minimum atomic E-state index is -0.637. The second-order valence-corrected chi connectivity index (χ2v) is 15.0. The molecule has 0 saturated carbocycles. The summed E-state index contributed by atoms with van der Waals surface area (Å²) in [7, 11) is 0. The summed E-state index contributed by atoms with van der Waals surface area (Å²) >= 11 is 0. The van der Waals surface area contributed by atoms with Crippen LogP contribution in [-0.2, 0) is 38.3 Å². The zero-order valence-corrected chi connectivity index (χ0v) is 34.0. The molecule has 0 amide bonds. The van der Waals surface area contributed by atoms with Gasteiger partial charge in [0.1, 0.15) is 5.75 Å². The number of carbonyl (C=O) groups is 2. The molecule has 4 aromatic rings. The molecule has 0 aromatic heterocycles. The molecule has 4 aromatic carbocycles. The third kappa shape index (κ3) is 12.0. The summed E-state index contributed by atoms with van der Waals surface area (Å²) in [5.74, 6) is -0.108. The number of hydrogen-bond acceptors (Lipinski definition) is 7. The SMILES string of the molecule is C=C(C)C(=O)OCCCc1cc(-c2ccc(-c3ccc(-c4ccc(C)cc4)cc3)c(CC)c2)cc(CCCOC(=O)C(=C)C)c1OCCC(CO)(CO)CCC. The highest BCUT2D eigenvalue weighted by molar-refractivity contribution is 5.87. The zero-order chi connectivity index (χ0) is 40.7. The van der Waals surface area contributed by atoms with Gasteiger partial charge < -0.3 is 24.4 Å². The van der Waals surface area contributed by atoms with Crippen LogP contribution >= 0.6 is 0 Å². The van der Waals surface area contributed by atoms with Gasteiger partial charge in [0, 0.05) is 16.6 Å². The Hall–Kier alpha value is -4.98. The summed E-state index contributed by atoms with van der Waals surface area (Å²) in [6.07, 6.45) is 5.13. The third-order valence-corrected chi connectivity index (χ3v) is 10.3. The number of aliphatic hydroxyl groups is 2. The van der Waals surface area contributed by atoms with Gasteiger partial charge in [-0.1, -0.05) is 106 Å². The molecule has 2 N–H and O–H groups in total. The molecule has 0 aliphatic carbocycles. The molecule has 0 fully saturated rings. The summed E-state index contributed by atoms with van der Waals surface area (Å²) in [5.41, 5.74) is 11.3. The zero-order valence-electron chi connectivity index (χ0n) is 34.0. The number of ether oxygens (including phenoxy) is 3. The highest BCUT2D eigenvalue weighted by Crippen LogP contribution is 2.37. The Morgan fingerprint density at radius 2 is 1.11 bits per heavy atom. The van der Waals surface area contributed by atoms with E-state index in [9.17, 15) is 19.8 Å². The number of aryl methyl sites for hydroxylation is 4. The largest absolute Gasteiger partial charge is 0.493 e. The molecule has 0 heterocycles. The summed E-state index contributed by atoms with van der Waals surface area (Å²) in [5, 5.41) is 20.4. The van der Waals surface area contributed by atoms with E-state index in [1.54, 1.807) is 13.8 Å². The molecule has 0 atom stereocenters. The van der Waals surface area contributed by atoms with Crippen LogP contribution in [0.1, 0.15) is 82.1 Å². The Morgan fingerprint density at radius 1 is 0.625 bits per heavy atom. The summed E-state index contributed by atoms with van der Waals surface area (Å²) in [6.45, 7) is 17.4. The first-order valence-electron chi connectivity index (χ1n) is 19.9. The van der Waals surface area contributed by atoms with Crippen LogP contribution < -0.4 is 4.74 Å². The number of esters is 2. The van der Waals surface area contributed by atoms with Crippen LogP contribution in [0.2, 0.25) is 0 Å². The van der Waals surface area contributed by atoms with Gasteiger partial charge >= 0.3 is 11.9 Å². The number of aliphatic hydroxyl groups excluding tert-OH is 2. The van der Waals surface area contributed by atoms with Gasteiger partial charge in [0.2, 0.25) is 0 Å². The lowest BCUT2D eigenvalue weighted by Gasteiger charge is -2.30. The summed E-state index contributed by atoms with van der Waals surface area (Å²) in [6, 6.07) is 28.3. The third-order valence-electron chi connectivity index (χ3n) is 10.3. The first-order valence-corrected chi connectivity index (χ1v) is 19.9. The van der Waals surface area contributed by atoms with Crippen molar-refractivity contribution in [3.05, 3.63) is 125 Å². The molecule has 7 heteroatoms. The van der Waals surface area contributed by atoms with E-state index in [2.05, 4.69) is 106 Å². The lowest BCUT2D eigenvalue weighted by Crippen LogP contribution is -2.31. The molecule has 4 rings (SSSR count). The van der Waals surface area contributed by atoms with Crippen molar-refractivity contribution in [3.63, 3.8) is 0 Å². The lowest BCUT2D eigenvalue weighted by molar-refractivity contribution is -0.139. The van der Waals surface area contributed by atoms with E-state index in [0.29, 0.717) is 56.3 Å². The van der Waals surface area contributed by atoms with Crippen LogP contribution in [0.25, 0.3) is 33.4 Å². The van der Waals surface area contributed by atoms with Crippen molar-refractivity contribution in [2.45, 2.75) is 86.0 Å². The van der Waals surface area contributed by atoms with Crippen molar-refractivity contribution in [2.75, 3.05) is 33.0 Å². The van der Waals surface area contributed by atoms with Gasteiger partial charge in [0.15, 0.2) is 0 Å². The second kappa shape index (κ2) is 21.4. The molecular formula is C49H60O7. The maximum absolute atomic E-state index is 12.2. The fourth-order valence-corrected chi connectivity index (χ4v) is 6.91. The van der Waals surface area contributed by atoms with Crippen molar-refractivity contribution in [1.29, 1.82) is 0 Å². The first kappa shape index (κ1) is 43.7. The Balaban J connectivity index is 1.72. The minimum Gasteiger partial charge on any atom is -0.493 e. The highest BCUT2D eigenvalue weighted by atomic mass is 16.5. The Morgan fingerprint density at radius 3 is 1.59 bits per heavy atom. The van der Waals surface area contributed by atoms with Gasteiger partial charge in [0.05, 0.1) is 33.0 Å². The van der Waals surface area contributed by atoms with Gasteiger partial charge in [-0.2, -0.15) is 0 Å². The number of carbonyl (C=O) groups excluding carboxylic acids is 2. The van der Waals surface area contributed by atoms with Crippen LogP contribution in [0, 0.1) is 12.3 Å². The highest BCUT2D eigenvalue weighted by Gasteiger charge is 2.28. The second-order valence-electron chi connectivity index (χ2n) is 15.0. The fourth-order valence-electron chi connectivity index (χ4n) is 6.91. The van der Waals surface area contributed by atoms with Gasteiger partial charge in [-0.25, -0.2) is 9.59 Å². The molecule has 0 unspecified atom stereocenters. The molecule has 0 saturated heterocycles. The molecular weight excluding hydrogens is 701 g/mol. The predicted octanol–water partition coefficient (Wildman–Crippen LogP) is 10.2. The average molecular weight is 761 g/mol. The predicted molar refractivity (Wildman–Crippen MR) is 227 cm³/mol. The Labute approximate surface area is 334 Å². The van der Waals surface area contributed by atoms with E-state index in [4.69, 9.17) is 14.2 Å². The first-order chi connectivity index (χ1) is 26.9. The van der Waals surface area contributed by atoms with E-state index in [0.717, 1.165) is 46.4 Å². The molecule has 298 valence electrons. The molecule has 56 heavy (non-hydrogen) atoms. The van der Waals surface area contributed by atoms with Crippen molar-refractivity contribution >= 4 is 11.9 Å². The topological polar surface area (TPSA) is 102 Å². The molecule has 0 bridgehead atoms. The van der Waals surface area contributed by atoms with Crippen LogP contribution in [0.4, 0.5) is 0 Å². The van der Waals surface area contributed by atoms with Crippen LogP contribution in [-0.4, -0.2) is 55.2 Å². The van der Waals surface area contributed by atoms with Crippen LogP contribution in [0.5, 0.6) is 5.75 Å². The molecule has 0 aliphatic heterocycles. The fraction of sp³-hybridized carbons (Fsp3) is 0.388. The van der Waals surface area contributed by atoms with E-state index in [-0.39, 0.29) is 26.4 Å². The Bertz CT molecular complexity index is 1880. The van der Waals surface area contributed by atoms with Gasteiger partial charge in [0.25, 0.3) is 0 Å². The maximum Gasteiger partial charge on any atom is 0.333 e. The molecule has 0 radical (unpaired) electrons. The number of hydrogen-bond donors (Lipinski definition) is 2. The molecule has 0 aliphatic rings. The molecule has 0 spiro atoms. The van der Waals surface area contributed by atoms with Crippen molar-refractivity contribution in [3.8, 4) is 39.1 Å². The minimum absolute atomic E-state index is 0.131. The van der Waals surface area contributed by atoms with Crippen molar-refractivity contribution in [1.82, 2.24) is 0 Å². The standard InChI is InChI=1S/C49H60O7/c1-8-24-49(32-50,33-51)25-28-54-46-42(12-10-26-55-47(52)34(3)4)30-44(31-43(46)13-11-27-56-48(53)35(5)6)41-22-23-45(37(9-2)29-41)40-20-18-39(19-21-40)38-16-14-36(7)15-17-38/h14-23,29-31,50-51H,3,5,8-13,24-28,32-33H2,1-2,4,6-7H3. The monoisotopic (exact) mass is 760 g/mol. The average Bonchev–Trinajstić information content (AvgIpc) is 3.21. The number of rotatable bonds is 22. The number of benzene rings is 4. The van der Waals surface area contributed by atoms with Gasteiger partial charge in [-0.15, -0.1) is 0 Å². The van der Waals surface area contributed by atoms with Crippen LogP contribution in [0.3, 0.4) is 0 Å². The van der Waals surface area contributed by atoms with Gasteiger partial charge in [-0.3, -0.25) is 0 Å². The van der Waals surface area contributed by atoms with Crippen molar-refractivity contribution < 1.29 is 34.0 Å². The normalized spacial score (nSPS) is 11.3. The van der Waals surface area contributed by atoms with Crippen LogP contribution in [0.15, 0.2) is 103 Å². The lowest BCUT2D eigenvalue weighted by atomic mass is 9.82. The van der Waals surface area contributed by atoms with E-state index >= 15 is 0 Å². The smallest absolute Gasteiger partial charge is 0.333 e. The van der Waals surface area contributed by atoms with E-state index in [1.807, 2.05) is 6.92 Å². The van der Waals surface area contributed by atoms with Crippen molar-refractivity contribution in [2.24, 2.45) is 5.41 Å². The summed E-state index contributed by atoms with van der Waals surface area (Å²) < 4.78 is 17.5. The van der Waals surface area contributed by atoms with E-state index < -0.39 is 17.4 Å². The van der Waals surface area contributed by atoms with E-state index in [1.165, 1.54) is 27.8 Å². The Kier molecular flexibility index (Phi) is 16.7. The quantitative estimate of drug-likeness (QED) is 0.0467. The summed E-state index contributed by atoms with van der Waals surface area (Å²) in [4.78, 5) is 24.3. The maximum atomic E-state index is 12.2. The molecule has 7 nitrogen and oxygen atoms in total.